The van der Waals surface area contributed by atoms with Crippen molar-refractivity contribution in [1.29, 1.82) is 0 Å². The molecule has 2 atom stereocenters. The van der Waals surface area contributed by atoms with E-state index in [-0.39, 0.29) is 5.92 Å². The van der Waals surface area contributed by atoms with Crippen LogP contribution in [0, 0.1) is 0 Å². The van der Waals surface area contributed by atoms with Crippen LogP contribution in [0.4, 0.5) is 4.79 Å². The van der Waals surface area contributed by atoms with E-state index in [0.29, 0.717) is 6.54 Å². The molecule has 0 aromatic heterocycles. The highest BCUT2D eigenvalue weighted by Gasteiger charge is 2.14. The third kappa shape index (κ3) is 4.45. The fourth-order valence-corrected chi connectivity index (χ4v) is 1.45. The van der Waals surface area contributed by atoms with Gasteiger partial charge in [-0.05, 0) is 18.4 Å². The fraction of sp³-hybridized carbons (Fsp3) is 0.385. The minimum Gasteiger partial charge on any atom is -0.480 e. The number of urea groups is 1. The summed E-state index contributed by atoms with van der Waals surface area (Å²) >= 11 is 0. The Kier molecular flexibility index (Phi) is 5.17. The Balaban J connectivity index is 2.37. The fourth-order valence-electron chi connectivity index (χ4n) is 1.45. The van der Waals surface area contributed by atoms with E-state index in [2.05, 4.69) is 10.6 Å². The van der Waals surface area contributed by atoms with Crippen LogP contribution >= 0.6 is 0 Å². The first-order valence-corrected chi connectivity index (χ1v) is 5.83. The van der Waals surface area contributed by atoms with Crippen LogP contribution in [0.3, 0.4) is 0 Å². The average molecular weight is 250 g/mol. The van der Waals surface area contributed by atoms with Crippen molar-refractivity contribution in [1.82, 2.24) is 10.6 Å². The van der Waals surface area contributed by atoms with E-state index in [0.717, 1.165) is 5.56 Å². The maximum absolute atomic E-state index is 11.4. The number of nitrogens with one attached hydrogen (secondary N) is 2. The predicted molar refractivity (Wildman–Crippen MR) is 68.5 cm³/mol. The van der Waals surface area contributed by atoms with Crippen LogP contribution in [0.5, 0.6) is 0 Å². The van der Waals surface area contributed by atoms with Gasteiger partial charge in [-0.2, -0.15) is 0 Å². The zero-order valence-electron chi connectivity index (χ0n) is 10.5. The first-order valence-electron chi connectivity index (χ1n) is 5.83. The molecule has 1 aromatic rings. The molecule has 0 aliphatic carbocycles. The van der Waals surface area contributed by atoms with Crippen molar-refractivity contribution >= 4 is 12.0 Å². The Hall–Kier alpha value is -2.04. The van der Waals surface area contributed by atoms with Crippen LogP contribution < -0.4 is 10.6 Å². The highest BCUT2D eigenvalue weighted by Crippen LogP contribution is 2.12. The summed E-state index contributed by atoms with van der Waals surface area (Å²) in [5.41, 5.74) is 1.13. The molecule has 1 unspecified atom stereocenters. The van der Waals surface area contributed by atoms with E-state index in [1.807, 2.05) is 37.3 Å². The van der Waals surface area contributed by atoms with Crippen LogP contribution in [-0.4, -0.2) is 29.7 Å². The molecular weight excluding hydrogens is 232 g/mol. The monoisotopic (exact) mass is 250 g/mol. The Bertz CT molecular complexity index is 406. The van der Waals surface area contributed by atoms with E-state index in [1.165, 1.54) is 6.92 Å². The number of hydrogen-bond acceptors (Lipinski definition) is 2. The molecule has 0 radical (unpaired) electrons. The summed E-state index contributed by atoms with van der Waals surface area (Å²) in [6.07, 6.45) is 0. The molecule has 0 heterocycles. The minimum absolute atomic E-state index is 0.178. The molecule has 1 rings (SSSR count). The number of benzene rings is 1. The van der Waals surface area contributed by atoms with Gasteiger partial charge in [0.05, 0.1) is 0 Å². The van der Waals surface area contributed by atoms with Crippen LogP contribution in [0.15, 0.2) is 30.3 Å². The standard InChI is InChI=1S/C13H18N2O3/c1-9(11-6-4-3-5-7-11)8-14-13(18)15-10(2)12(16)17/h3-7,9-10H,8H2,1-2H3,(H,16,17)(H2,14,15,18)/t9?,10-/m0/s1. The Morgan fingerprint density at radius 3 is 2.39 bits per heavy atom. The lowest BCUT2D eigenvalue weighted by molar-refractivity contribution is -0.138. The maximum atomic E-state index is 11.4. The van der Waals surface area contributed by atoms with E-state index in [4.69, 9.17) is 5.11 Å². The molecule has 0 saturated carbocycles. The molecule has 3 N–H and O–H groups in total. The lowest BCUT2D eigenvalue weighted by Gasteiger charge is -2.15. The van der Waals surface area contributed by atoms with Gasteiger partial charge in [-0.3, -0.25) is 4.79 Å². The summed E-state index contributed by atoms with van der Waals surface area (Å²) in [6.45, 7) is 3.88. The topological polar surface area (TPSA) is 78.4 Å². The second kappa shape index (κ2) is 6.64. The van der Waals surface area contributed by atoms with Crippen molar-refractivity contribution in [2.24, 2.45) is 0 Å². The minimum atomic E-state index is -1.05. The number of hydrogen-bond donors (Lipinski definition) is 3. The maximum Gasteiger partial charge on any atom is 0.325 e. The Labute approximate surface area is 106 Å². The van der Waals surface area contributed by atoms with Crippen molar-refractivity contribution in [2.75, 3.05) is 6.54 Å². The first kappa shape index (κ1) is 14.0. The van der Waals surface area contributed by atoms with Gasteiger partial charge in [-0.1, -0.05) is 37.3 Å². The summed E-state index contributed by atoms with van der Waals surface area (Å²) in [6, 6.07) is 8.44. The van der Waals surface area contributed by atoms with Crippen LogP contribution in [-0.2, 0) is 4.79 Å². The molecule has 0 fully saturated rings. The third-order valence-electron chi connectivity index (χ3n) is 2.66. The summed E-state index contributed by atoms with van der Waals surface area (Å²) in [7, 11) is 0. The third-order valence-corrected chi connectivity index (χ3v) is 2.66. The van der Waals surface area contributed by atoms with Crippen molar-refractivity contribution in [3.8, 4) is 0 Å². The van der Waals surface area contributed by atoms with Crippen molar-refractivity contribution < 1.29 is 14.7 Å². The molecule has 0 aliphatic heterocycles. The second-order valence-electron chi connectivity index (χ2n) is 4.23. The van der Waals surface area contributed by atoms with Gasteiger partial charge in [0.1, 0.15) is 6.04 Å². The SMILES string of the molecule is CC(CNC(=O)N[C@@H](C)C(=O)O)c1ccccc1. The zero-order chi connectivity index (χ0) is 13.5. The summed E-state index contributed by atoms with van der Waals surface area (Å²) in [4.78, 5) is 22.0. The molecule has 5 nitrogen and oxygen atoms in total. The molecule has 5 heteroatoms. The molecule has 0 aliphatic rings. The van der Waals surface area contributed by atoms with Crippen LogP contribution in [0.2, 0.25) is 0 Å². The smallest absolute Gasteiger partial charge is 0.325 e. The number of amides is 2. The van der Waals surface area contributed by atoms with E-state index < -0.39 is 18.0 Å². The largest absolute Gasteiger partial charge is 0.480 e. The Morgan fingerprint density at radius 2 is 1.83 bits per heavy atom. The van der Waals surface area contributed by atoms with Crippen molar-refractivity contribution in [3.63, 3.8) is 0 Å². The predicted octanol–water partition coefficient (Wildman–Crippen LogP) is 1.56. The van der Waals surface area contributed by atoms with Crippen LogP contribution in [0.1, 0.15) is 25.3 Å². The molecular formula is C13H18N2O3. The van der Waals surface area contributed by atoms with Crippen molar-refractivity contribution in [2.45, 2.75) is 25.8 Å². The van der Waals surface area contributed by atoms with Crippen molar-refractivity contribution in [3.05, 3.63) is 35.9 Å². The lowest BCUT2D eigenvalue weighted by Crippen LogP contribution is -2.45. The normalized spacial score (nSPS) is 13.4. The zero-order valence-corrected chi connectivity index (χ0v) is 10.5. The lowest BCUT2D eigenvalue weighted by atomic mass is 10.0. The number of aliphatic carboxylic acids is 1. The Morgan fingerprint density at radius 1 is 1.22 bits per heavy atom. The first-order chi connectivity index (χ1) is 8.50. The van der Waals surface area contributed by atoms with Crippen LogP contribution in [0.25, 0.3) is 0 Å². The summed E-state index contributed by atoms with van der Waals surface area (Å²) < 4.78 is 0. The van der Waals surface area contributed by atoms with Gasteiger partial charge >= 0.3 is 12.0 Å². The van der Waals surface area contributed by atoms with Gasteiger partial charge in [0, 0.05) is 6.54 Å². The highest BCUT2D eigenvalue weighted by atomic mass is 16.4. The van der Waals surface area contributed by atoms with Gasteiger partial charge < -0.3 is 15.7 Å². The summed E-state index contributed by atoms with van der Waals surface area (Å²) in [5, 5.41) is 13.6. The van der Waals surface area contributed by atoms with E-state index in [9.17, 15) is 9.59 Å². The molecule has 1 aromatic carbocycles. The summed E-state index contributed by atoms with van der Waals surface area (Å²) in [5.74, 6) is -0.877. The average Bonchev–Trinajstić information content (AvgIpc) is 2.36. The van der Waals surface area contributed by atoms with Gasteiger partial charge in [0.2, 0.25) is 0 Å². The molecule has 0 spiro atoms. The van der Waals surface area contributed by atoms with E-state index >= 15 is 0 Å². The molecule has 0 bridgehead atoms. The van der Waals surface area contributed by atoms with Gasteiger partial charge in [-0.25, -0.2) is 4.79 Å². The molecule has 0 saturated heterocycles. The second-order valence-corrected chi connectivity index (χ2v) is 4.23. The van der Waals surface area contributed by atoms with E-state index in [1.54, 1.807) is 0 Å². The van der Waals surface area contributed by atoms with Gasteiger partial charge in [0.25, 0.3) is 0 Å². The highest BCUT2D eigenvalue weighted by molar-refractivity contribution is 5.82. The van der Waals surface area contributed by atoms with Gasteiger partial charge in [0.15, 0.2) is 0 Å². The quantitative estimate of drug-likeness (QED) is 0.742. The number of carbonyl (C=O) groups is 2. The van der Waals surface area contributed by atoms with Gasteiger partial charge in [-0.15, -0.1) is 0 Å². The number of carboxylic acid groups (broad SMARTS) is 1. The molecule has 18 heavy (non-hydrogen) atoms. The number of carbonyl (C=O) groups excluding carboxylic acids is 1. The number of rotatable bonds is 5. The number of carboxylic acids is 1. The molecule has 98 valence electrons. The molecule has 2 amide bonds.